The molecule has 1 aromatic rings. The Kier molecular flexibility index (Phi) is 1.88. The zero-order valence-electron chi connectivity index (χ0n) is 5.77. The van der Waals surface area contributed by atoms with Crippen LogP contribution in [0.5, 0.6) is 5.75 Å². The second-order valence-electron chi connectivity index (χ2n) is 1.85. The summed E-state index contributed by atoms with van der Waals surface area (Å²) in [6.07, 6.45) is 1.17. The molecule has 0 atom stereocenters. The van der Waals surface area contributed by atoms with Crippen molar-refractivity contribution in [1.29, 1.82) is 0 Å². The Morgan fingerprint density at radius 3 is 2.55 bits per heavy atom. The molecule has 0 radical (unpaired) electrons. The van der Waals surface area contributed by atoms with Gasteiger partial charge in [0, 0.05) is 6.07 Å². The molecule has 62 valence electrons. The van der Waals surface area contributed by atoms with Gasteiger partial charge in [-0.3, -0.25) is 0 Å². The average Bonchev–Trinajstić information content (AvgIpc) is 2.32. The first-order valence-corrected chi connectivity index (χ1v) is 4.24. The average molecular weight is 177 g/mol. The molecular weight excluding hydrogens is 170 g/mol. The van der Waals surface area contributed by atoms with Gasteiger partial charge in [0.15, 0.2) is 5.75 Å². The van der Waals surface area contributed by atoms with Crippen molar-refractivity contribution in [1.82, 2.24) is 0 Å². The molecule has 1 rings (SSSR count). The summed E-state index contributed by atoms with van der Waals surface area (Å²) in [5.41, 5.74) is 0. The van der Waals surface area contributed by atoms with Gasteiger partial charge >= 0.3 is 0 Å². The zero-order chi connectivity index (χ0) is 8.48. The predicted octanol–water partition coefficient (Wildman–Crippen LogP) is -0.0644. The van der Waals surface area contributed by atoms with Gasteiger partial charge in [-0.2, -0.15) is 0 Å². The van der Waals surface area contributed by atoms with Gasteiger partial charge in [0.05, 0.1) is 7.11 Å². The molecular formula is C5H7NO4S. The Bertz CT molecular complexity index is 339. The van der Waals surface area contributed by atoms with E-state index in [9.17, 15) is 8.42 Å². The molecule has 1 aromatic heterocycles. The van der Waals surface area contributed by atoms with Gasteiger partial charge in [-0.05, 0) is 0 Å². The lowest BCUT2D eigenvalue weighted by atomic mass is 10.6. The molecule has 0 saturated heterocycles. The van der Waals surface area contributed by atoms with Crippen LogP contribution in [0.4, 0.5) is 0 Å². The normalized spacial score (nSPS) is 11.5. The molecule has 0 bridgehead atoms. The number of nitrogens with two attached hydrogens (primary N) is 1. The zero-order valence-corrected chi connectivity index (χ0v) is 6.59. The van der Waals surface area contributed by atoms with Gasteiger partial charge in [0.2, 0.25) is 5.09 Å². The Morgan fingerprint density at radius 2 is 2.27 bits per heavy atom. The fourth-order valence-electron chi connectivity index (χ4n) is 0.557. The van der Waals surface area contributed by atoms with E-state index >= 15 is 0 Å². The lowest BCUT2D eigenvalue weighted by molar-refractivity contribution is 0.399. The Hall–Kier alpha value is -1.01. The lowest BCUT2D eigenvalue weighted by Gasteiger charge is -1.87. The second-order valence-corrected chi connectivity index (χ2v) is 3.34. The number of furan rings is 1. The second kappa shape index (κ2) is 2.55. The van der Waals surface area contributed by atoms with Gasteiger partial charge in [-0.25, -0.2) is 13.6 Å². The van der Waals surface area contributed by atoms with Crippen molar-refractivity contribution in [3.8, 4) is 5.75 Å². The highest BCUT2D eigenvalue weighted by Gasteiger charge is 2.12. The van der Waals surface area contributed by atoms with Crippen LogP contribution in [-0.2, 0) is 10.0 Å². The number of ether oxygens (including phenoxy) is 1. The number of methoxy groups -OCH3 is 1. The van der Waals surface area contributed by atoms with Crippen LogP contribution in [0.15, 0.2) is 21.8 Å². The number of hydrogen-bond acceptors (Lipinski definition) is 4. The van der Waals surface area contributed by atoms with Gasteiger partial charge in [-0.1, -0.05) is 0 Å². The molecule has 1 heterocycles. The number of hydrogen-bond donors (Lipinski definition) is 1. The molecule has 0 saturated carbocycles. The third kappa shape index (κ3) is 1.72. The van der Waals surface area contributed by atoms with E-state index in [2.05, 4.69) is 9.15 Å². The molecule has 0 aliphatic carbocycles. The minimum absolute atomic E-state index is 0.297. The maximum Gasteiger partial charge on any atom is 0.271 e. The third-order valence-corrected chi connectivity index (χ3v) is 1.84. The molecule has 11 heavy (non-hydrogen) atoms. The highest BCUT2D eigenvalue weighted by Crippen LogP contribution is 2.17. The summed E-state index contributed by atoms with van der Waals surface area (Å²) in [7, 11) is -2.34. The van der Waals surface area contributed by atoms with Crippen LogP contribution in [0.25, 0.3) is 0 Å². The van der Waals surface area contributed by atoms with Crippen molar-refractivity contribution in [3.63, 3.8) is 0 Å². The molecule has 0 fully saturated rings. The summed E-state index contributed by atoms with van der Waals surface area (Å²) >= 11 is 0. The number of rotatable bonds is 2. The summed E-state index contributed by atoms with van der Waals surface area (Å²) in [6, 6.07) is 1.20. The van der Waals surface area contributed by atoms with Crippen LogP contribution < -0.4 is 9.88 Å². The molecule has 0 aliphatic heterocycles. The Labute approximate surface area is 63.8 Å². The number of sulfonamides is 1. The summed E-state index contributed by atoms with van der Waals surface area (Å²) < 4.78 is 30.4. The quantitative estimate of drug-likeness (QED) is 0.685. The van der Waals surface area contributed by atoms with Gasteiger partial charge in [0.1, 0.15) is 6.26 Å². The maximum absolute atomic E-state index is 10.6. The van der Waals surface area contributed by atoms with Crippen LogP contribution in [0.2, 0.25) is 0 Å². The van der Waals surface area contributed by atoms with E-state index in [-0.39, 0.29) is 5.09 Å². The Morgan fingerprint density at radius 1 is 1.64 bits per heavy atom. The molecule has 5 nitrogen and oxygen atoms in total. The molecule has 0 amide bonds. The van der Waals surface area contributed by atoms with Crippen molar-refractivity contribution in [2.24, 2.45) is 5.14 Å². The number of primary sulfonamides is 1. The largest absolute Gasteiger partial charge is 0.493 e. The first-order chi connectivity index (χ1) is 5.04. The van der Waals surface area contributed by atoms with Crippen molar-refractivity contribution >= 4 is 10.0 Å². The van der Waals surface area contributed by atoms with E-state index in [4.69, 9.17) is 5.14 Å². The SMILES string of the molecule is COc1coc(S(N)(=O)=O)c1. The monoisotopic (exact) mass is 177 g/mol. The maximum atomic E-state index is 10.6. The van der Waals surface area contributed by atoms with E-state index in [1.807, 2.05) is 0 Å². The summed E-state index contributed by atoms with van der Waals surface area (Å²) in [6.45, 7) is 0. The van der Waals surface area contributed by atoms with Crippen LogP contribution in [0, 0.1) is 0 Å². The van der Waals surface area contributed by atoms with Gasteiger partial charge < -0.3 is 9.15 Å². The molecule has 0 spiro atoms. The summed E-state index contributed by atoms with van der Waals surface area (Å²) in [5.74, 6) is 0.328. The smallest absolute Gasteiger partial charge is 0.271 e. The third-order valence-electron chi connectivity index (χ3n) is 1.07. The van der Waals surface area contributed by atoms with Crippen LogP contribution in [0.1, 0.15) is 0 Å². The highest BCUT2D eigenvalue weighted by molar-refractivity contribution is 7.89. The van der Waals surface area contributed by atoms with Crippen molar-refractivity contribution in [2.45, 2.75) is 5.09 Å². The standard InChI is InChI=1S/C5H7NO4S/c1-9-4-2-5(10-3-4)11(6,7)8/h2-3H,1H3,(H2,6,7,8). The van der Waals surface area contributed by atoms with Crippen LogP contribution in [0.3, 0.4) is 0 Å². The van der Waals surface area contributed by atoms with Crippen LogP contribution in [-0.4, -0.2) is 15.5 Å². The topological polar surface area (TPSA) is 82.5 Å². The fourth-order valence-corrected chi connectivity index (χ4v) is 1.02. The van der Waals surface area contributed by atoms with Crippen molar-refractivity contribution in [2.75, 3.05) is 7.11 Å². The van der Waals surface area contributed by atoms with Gasteiger partial charge in [-0.15, -0.1) is 0 Å². The molecule has 0 unspecified atom stereocenters. The lowest BCUT2D eigenvalue weighted by Crippen LogP contribution is -2.10. The van der Waals surface area contributed by atoms with Gasteiger partial charge in [0.25, 0.3) is 10.0 Å². The molecule has 2 N–H and O–H groups in total. The molecule has 0 aromatic carbocycles. The summed E-state index contributed by atoms with van der Waals surface area (Å²) in [4.78, 5) is 0. The first-order valence-electron chi connectivity index (χ1n) is 2.69. The highest BCUT2D eigenvalue weighted by atomic mass is 32.2. The van der Waals surface area contributed by atoms with Crippen molar-refractivity contribution < 1.29 is 17.6 Å². The van der Waals surface area contributed by atoms with E-state index in [1.54, 1.807) is 0 Å². The molecule has 0 aliphatic rings. The van der Waals surface area contributed by atoms with E-state index in [0.29, 0.717) is 5.75 Å². The Balaban J connectivity index is 3.09. The first kappa shape index (κ1) is 8.09. The fraction of sp³-hybridized carbons (Fsp3) is 0.200. The van der Waals surface area contributed by atoms with E-state index in [0.717, 1.165) is 0 Å². The molecule has 6 heteroatoms. The summed E-state index contributed by atoms with van der Waals surface area (Å²) in [5, 5.41) is 4.45. The minimum atomic E-state index is -3.74. The van der Waals surface area contributed by atoms with Crippen LogP contribution >= 0.6 is 0 Å². The van der Waals surface area contributed by atoms with E-state index in [1.165, 1.54) is 19.4 Å². The van der Waals surface area contributed by atoms with Crippen molar-refractivity contribution in [3.05, 3.63) is 12.3 Å². The minimum Gasteiger partial charge on any atom is -0.493 e. The van der Waals surface area contributed by atoms with E-state index < -0.39 is 10.0 Å². The predicted molar refractivity (Wildman–Crippen MR) is 36.6 cm³/mol.